The molecule has 1 fully saturated rings. The van der Waals surface area contributed by atoms with Crippen LogP contribution in [0.4, 0.5) is 11.6 Å². The van der Waals surface area contributed by atoms with Crippen LogP contribution in [0.15, 0.2) is 6.07 Å². The third-order valence-electron chi connectivity index (χ3n) is 3.92. The molecule has 0 aliphatic carbocycles. The highest BCUT2D eigenvalue weighted by Crippen LogP contribution is 2.19. The van der Waals surface area contributed by atoms with E-state index >= 15 is 0 Å². The van der Waals surface area contributed by atoms with Crippen molar-refractivity contribution in [2.45, 2.75) is 20.8 Å². The van der Waals surface area contributed by atoms with Crippen LogP contribution in [-0.4, -0.2) is 63.1 Å². The quantitative estimate of drug-likeness (QED) is 0.893. The lowest BCUT2D eigenvalue weighted by Gasteiger charge is -2.35. The second kappa shape index (κ2) is 7.08. The van der Waals surface area contributed by atoms with Crippen LogP contribution >= 0.6 is 11.5 Å². The number of piperazine rings is 1. The van der Waals surface area contributed by atoms with Gasteiger partial charge in [0.2, 0.25) is 0 Å². The average molecular weight is 347 g/mol. The summed E-state index contributed by atoms with van der Waals surface area (Å²) in [5.41, 5.74) is 0.703. The van der Waals surface area contributed by atoms with Crippen molar-refractivity contribution in [3.05, 3.63) is 22.5 Å². The number of anilines is 2. The Balaban J connectivity index is 1.67. The summed E-state index contributed by atoms with van der Waals surface area (Å²) < 4.78 is 3.85. The van der Waals surface area contributed by atoms with Gasteiger partial charge in [0.1, 0.15) is 22.3 Å². The number of nitrogens with zero attached hydrogens (tertiary/aromatic N) is 6. The maximum absolute atomic E-state index is 12.5. The number of aromatic nitrogens is 4. The van der Waals surface area contributed by atoms with Crippen LogP contribution in [0, 0.1) is 13.8 Å². The van der Waals surface area contributed by atoms with E-state index in [9.17, 15) is 4.79 Å². The van der Waals surface area contributed by atoms with E-state index < -0.39 is 0 Å². The largest absolute Gasteiger partial charge is 0.370 e. The molecule has 0 atom stereocenters. The molecule has 0 saturated carbocycles. The highest BCUT2D eigenvalue weighted by molar-refractivity contribution is 7.07. The third-order valence-corrected chi connectivity index (χ3v) is 4.73. The lowest BCUT2D eigenvalue weighted by Crippen LogP contribution is -2.49. The molecule has 2 aromatic rings. The summed E-state index contributed by atoms with van der Waals surface area (Å²) in [6.07, 6.45) is 0. The number of hydrogen-bond donors (Lipinski definition) is 1. The van der Waals surface area contributed by atoms with Crippen molar-refractivity contribution < 1.29 is 4.79 Å². The molecule has 24 heavy (non-hydrogen) atoms. The normalized spacial score (nSPS) is 14.8. The van der Waals surface area contributed by atoms with Crippen LogP contribution in [0.3, 0.4) is 0 Å². The lowest BCUT2D eigenvalue weighted by atomic mass is 10.2. The molecular weight excluding hydrogens is 326 g/mol. The van der Waals surface area contributed by atoms with Gasteiger partial charge >= 0.3 is 0 Å². The first-order chi connectivity index (χ1) is 11.6. The van der Waals surface area contributed by atoms with Gasteiger partial charge in [0, 0.05) is 38.8 Å². The minimum absolute atomic E-state index is 0.0226. The number of nitrogens with one attached hydrogen (secondary N) is 1. The summed E-state index contributed by atoms with van der Waals surface area (Å²) in [7, 11) is 0. The zero-order chi connectivity index (χ0) is 17.1. The van der Waals surface area contributed by atoms with Gasteiger partial charge in [-0.15, -0.1) is 5.10 Å². The van der Waals surface area contributed by atoms with E-state index in [-0.39, 0.29) is 5.91 Å². The predicted molar refractivity (Wildman–Crippen MR) is 93.7 cm³/mol. The first-order valence-electron chi connectivity index (χ1n) is 8.01. The van der Waals surface area contributed by atoms with Gasteiger partial charge in [0.15, 0.2) is 0 Å². The van der Waals surface area contributed by atoms with Crippen LogP contribution in [-0.2, 0) is 0 Å². The number of amides is 1. The second-order valence-electron chi connectivity index (χ2n) is 5.66. The Morgan fingerprint density at radius 1 is 1.25 bits per heavy atom. The van der Waals surface area contributed by atoms with E-state index in [2.05, 4.69) is 29.8 Å². The van der Waals surface area contributed by atoms with Crippen molar-refractivity contribution in [1.29, 1.82) is 0 Å². The number of carbonyl (C=O) groups is 1. The molecule has 0 radical (unpaired) electrons. The van der Waals surface area contributed by atoms with Gasteiger partial charge in [-0.2, -0.15) is 0 Å². The molecule has 3 heterocycles. The third kappa shape index (κ3) is 3.45. The summed E-state index contributed by atoms with van der Waals surface area (Å²) in [6, 6.07) is 1.96. The van der Waals surface area contributed by atoms with Crippen LogP contribution in [0.2, 0.25) is 0 Å². The van der Waals surface area contributed by atoms with Gasteiger partial charge in [-0.1, -0.05) is 4.49 Å². The van der Waals surface area contributed by atoms with E-state index in [0.717, 1.165) is 48.6 Å². The molecule has 0 unspecified atom stereocenters. The minimum Gasteiger partial charge on any atom is -0.370 e. The minimum atomic E-state index is 0.0226. The van der Waals surface area contributed by atoms with Gasteiger partial charge in [-0.05, 0) is 32.3 Å². The fourth-order valence-corrected chi connectivity index (χ4v) is 3.32. The summed E-state index contributed by atoms with van der Waals surface area (Å²) in [5, 5.41) is 7.14. The Morgan fingerprint density at radius 3 is 2.62 bits per heavy atom. The number of carbonyl (C=O) groups excluding carboxylic acids is 1. The molecular formula is C15H21N7OS. The molecule has 0 spiro atoms. The van der Waals surface area contributed by atoms with Crippen molar-refractivity contribution in [1.82, 2.24) is 24.5 Å². The van der Waals surface area contributed by atoms with Crippen molar-refractivity contribution in [3.8, 4) is 0 Å². The summed E-state index contributed by atoms with van der Waals surface area (Å²) >= 11 is 1.16. The first-order valence-corrected chi connectivity index (χ1v) is 8.78. The zero-order valence-corrected chi connectivity index (χ0v) is 14.9. The Labute approximate surface area is 145 Å². The fraction of sp³-hybridized carbons (Fsp3) is 0.533. The molecule has 8 nitrogen and oxygen atoms in total. The molecule has 1 aliphatic heterocycles. The van der Waals surface area contributed by atoms with E-state index in [4.69, 9.17) is 0 Å². The predicted octanol–water partition coefficient (Wildman–Crippen LogP) is 1.34. The number of hydrogen-bond acceptors (Lipinski definition) is 8. The SMILES string of the molecule is CCNc1cc(N2CCN(C(=O)c3snnc3C)CC2)nc(C)n1. The van der Waals surface area contributed by atoms with Crippen molar-refractivity contribution >= 4 is 29.1 Å². The van der Waals surface area contributed by atoms with E-state index in [1.807, 2.05) is 31.7 Å². The lowest BCUT2D eigenvalue weighted by molar-refractivity contribution is 0.0750. The van der Waals surface area contributed by atoms with Gasteiger partial charge in [-0.25, -0.2) is 9.97 Å². The monoisotopic (exact) mass is 347 g/mol. The molecule has 128 valence electrons. The van der Waals surface area contributed by atoms with Gasteiger partial charge in [-0.3, -0.25) is 4.79 Å². The van der Waals surface area contributed by atoms with Gasteiger partial charge in [0.25, 0.3) is 5.91 Å². The molecule has 1 amide bonds. The topological polar surface area (TPSA) is 87.1 Å². The Morgan fingerprint density at radius 2 is 2.00 bits per heavy atom. The first kappa shape index (κ1) is 16.6. The smallest absolute Gasteiger partial charge is 0.267 e. The molecule has 0 bridgehead atoms. The second-order valence-corrected chi connectivity index (χ2v) is 6.41. The Kier molecular flexibility index (Phi) is 4.89. The van der Waals surface area contributed by atoms with Crippen LogP contribution in [0.5, 0.6) is 0 Å². The van der Waals surface area contributed by atoms with Crippen LogP contribution < -0.4 is 10.2 Å². The average Bonchev–Trinajstić information content (AvgIpc) is 3.00. The van der Waals surface area contributed by atoms with Gasteiger partial charge < -0.3 is 15.1 Å². The van der Waals surface area contributed by atoms with E-state index in [1.54, 1.807) is 0 Å². The van der Waals surface area contributed by atoms with E-state index in [1.165, 1.54) is 0 Å². The highest BCUT2D eigenvalue weighted by atomic mass is 32.1. The Bertz CT molecular complexity index is 724. The summed E-state index contributed by atoms with van der Waals surface area (Å²) in [4.78, 5) is 26.1. The van der Waals surface area contributed by atoms with Crippen LogP contribution in [0.25, 0.3) is 0 Å². The molecule has 0 aromatic carbocycles. The van der Waals surface area contributed by atoms with Gasteiger partial charge in [0.05, 0.1) is 5.69 Å². The maximum atomic E-state index is 12.5. The molecule has 2 aromatic heterocycles. The molecule has 9 heteroatoms. The maximum Gasteiger partial charge on any atom is 0.267 e. The van der Waals surface area contributed by atoms with Crippen molar-refractivity contribution in [2.24, 2.45) is 0 Å². The molecule has 1 N–H and O–H groups in total. The molecule has 1 saturated heterocycles. The zero-order valence-electron chi connectivity index (χ0n) is 14.1. The van der Waals surface area contributed by atoms with Crippen molar-refractivity contribution in [2.75, 3.05) is 42.9 Å². The fourth-order valence-electron chi connectivity index (χ4n) is 2.70. The summed E-state index contributed by atoms with van der Waals surface area (Å²) in [6.45, 7) is 9.39. The highest BCUT2D eigenvalue weighted by Gasteiger charge is 2.25. The summed E-state index contributed by atoms with van der Waals surface area (Å²) in [5.74, 6) is 2.51. The number of rotatable bonds is 4. The number of aryl methyl sites for hydroxylation is 2. The van der Waals surface area contributed by atoms with Crippen LogP contribution in [0.1, 0.15) is 28.1 Å². The van der Waals surface area contributed by atoms with E-state index in [0.29, 0.717) is 23.7 Å². The molecule has 1 aliphatic rings. The Hall–Kier alpha value is -2.29. The van der Waals surface area contributed by atoms with Crippen molar-refractivity contribution in [3.63, 3.8) is 0 Å². The standard InChI is InChI=1S/C15H21N7OS/c1-4-16-12-9-13(18-11(3)17-12)21-5-7-22(8-6-21)15(23)14-10(2)19-20-24-14/h9H,4-8H2,1-3H3,(H,16,17,18). The molecule has 3 rings (SSSR count).